The molecule has 0 spiro atoms. The van der Waals surface area contributed by atoms with E-state index in [9.17, 15) is 9.59 Å². The van der Waals surface area contributed by atoms with Crippen LogP contribution in [-0.4, -0.2) is 52.8 Å². The van der Waals surface area contributed by atoms with Gasteiger partial charge < -0.3 is 9.64 Å². The Bertz CT molecular complexity index is 371. The maximum absolute atomic E-state index is 11.2. The number of Topliss-reactive ketones (excluding diaryl/α,β-unsaturated/α-hetero) is 1. The van der Waals surface area contributed by atoms with Gasteiger partial charge in [-0.3, -0.25) is 4.79 Å². The van der Waals surface area contributed by atoms with E-state index in [1.165, 1.54) is 13.2 Å². The molecule has 0 amide bonds. The maximum atomic E-state index is 11.2. The quantitative estimate of drug-likeness (QED) is 0.460. The number of hydrogen-bond acceptors (Lipinski definition) is 4. The van der Waals surface area contributed by atoms with Gasteiger partial charge in [-0.1, -0.05) is 12.1 Å². The molecule has 2 radical (unpaired) electrons. The second-order valence-corrected chi connectivity index (χ2v) is 4.04. The number of esters is 1. The molecule has 0 fully saturated rings. The van der Waals surface area contributed by atoms with Crippen molar-refractivity contribution >= 4 is 19.6 Å². The first-order valence-corrected chi connectivity index (χ1v) is 5.45. The van der Waals surface area contributed by atoms with E-state index in [2.05, 4.69) is 4.74 Å². The normalized spacial score (nSPS) is 9.39. The molecule has 0 bridgehead atoms. The minimum atomic E-state index is -0.461. The van der Waals surface area contributed by atoms with E-state index in [1.807, 2.05) is 26.0 Å². The molecule has 0 aliphatic carbocycles. The minimum absolute atomic E-state index is 0.0649. The van der Waals surface area contributed by atoms with Crippen LogP contribution in [0.2, 0.25) is 6.32 Å². The van der Waals surface area contributed by atoms with Crippen molar-refractivity contribution in [3.63, 3.8) is 0 Å². The number of hydrogen-bond donors (Lipinski definition) is 0. The van der Waals surface area contributed by atoms with E-state index in [-0.39, 0.29) is 12.1 Å². The van der Waals surface area contributed by atoms with Crippen molar-refractivity contribution in [3.05, 3.63) is 35.4 Å². The molecule has 0 N–H and O–H groups in total. The molecule has 0 heterocycles. The number of methoxy groups -OCH3 is 1. The van der Waals surface area contributed by atoms with Crippen LogP contribution in [0.5, 0.6) is 0 Å². The first-order valence-electron chi connectivity index (χ1n) is 5.45. The smallest absolute Gasteiger partial charge is 0.337 e. The van der Waals surface area contributed by atoms with Crippen molar-refractivity contribution in [1.29, 1.82) is 0 Å². The van der Waals surface area contributed by atoms with Crippen molar-refractivity contribution in [2.75, 3.05) is 28.3 Å². The highest BCUT2D eigenvalue weighted by atomic mass is 16.5. The van der Waals surface area contributed by atoms with Crippen molar-refractivity contribution in [2.24, 2.45) is 0 Å². The summed E-state index contributed by atoms with van der Waals surface area (Å²) in [4.78, 5) is 24.3. The van der Waals surface area contributed by atoms with Crippen molar-refractivity contribution in [2.45, 2.75) is 6.32 Å². The topological polar surface area (TPSA) is 46.6 Å². The Morgan fingerprint density at radius 2 is 1.72 bits per heavy atom. The fourth-order valence-corrected chi connectivity index (χ4v) is 1.06. The Labute approximate surface area is 109 Å². The van der Waals surface area contributed by atoms with Gasteiger partial charge in [0.15, 0.2) is 5.78 Å². The van der Waals surface area contributed by atoms with Gasteiger partial charge in [0.05, 0.1) is 20.5 Å². The summed E-state index contributed by atoms with van der Waals surface area (Å²) < 4.78 is 4.52. The van der Waals surface area contributed by atoms with Gasteiger partial charge in [0.1, 0.15) is 0 Å². The molecule has 1 aromatic carbocycles. The standard InChI is InChI=1S/C10H9BO3.C3H9N/c1-14-10(13)8-4-2-3-7(5-8)9(12)6-11;1-4(2)3/h2-5H,6H2,1H3;1-3H3. The minimum Gasteiger partial charge on any atom is -0.465 e. The predicted octanol–water partition coefficient (Wildman–Crippen LogP) is 1.42. The second-order valence-electron chi connectivity index (χ2n) is 4.04. The Kier molecular flexibility index (Phi) is 7.71. The highest BCUT2D eigenvalue weighted by Gasteiger charge is 2.08. The van der Waals surface area contributed by atoms with Crippen LogP contribution in [-0.2, 0) is 4.74 Å². The van der Waals surface area contributed by atoms with E-state index in [0.717, 1.165) is 0 Å². The van der Waals surface area contributed by atoms with Crippen LogP contribution in [0.1, 0.15) is 20.7 Å². The van der Waals surface area contributed by atoms with E-state index < -0.39 is 5.97 Å². The number of carbonyl (C=O) groups excluding carboxylic acids is 2. The van der Waals surface area contributed by atoms with Crippen LogP contribution >= 0.6 is 0 Å². The fourth-order valence-electron chi connectivity index (χ4n) is 1.06. The van der Waals surface area contributed by atoms with E-state index >= 15 is 0 Å². The zero-order valence-corrected chi connectivity index (χ0v) is 11.3. The molecular formula is C13H18BNO3. The molecule has 1 rings (SSSR count). The summed E-state index contributed by atoms with van der Waals surface area (Å²) in [5.41, 5.74) is 0.780. The number of nitrogens with zero attached hydrogens (tertiary/aromatic N) is 1. The summed E-state index contributed by atoms with van der Waals surface area (Å²) in [6.45, 7) is 0. The molecule has 18 heavy (non-hydrogen) atoms. The Morgan fingerprint density at radius 1 is 1.22 bits per heavy atom. The molecule has 96 valence electrons. The predicted molar refractivity (Wildman–Crippen MR) is 72.3 cm³/mol. The highest BCUT2D eigenvalue weighted by molar-refractivity contribution is 6.24. The molecule has 0 aliphatic heterocycles. The van der Waals surface area contributed by atoms with Crippen LogP contribution in [0.4, 0.5) is 0 Å². The fraction of sp³-hybridized carbons (Fsp3) is 0.385. The van der Waals surface area contributed by atoms with Gasteiger partial charge in [0, 0.05) is 5.56 Å². The number of carbonyl (C=O) groups is 2. The molecule has 0 aliphatic rings. The molecule has 0 atom stereocenters. The van der Waals surface area contributed by atoms with E-state index in [1.54, 1.807) is 18.2 Å². The third-order valence-electron chi connectivity index (χ3n) is 1.79. The van der Waals surface area contributed by atoms with Gasteiger partial charge in [-0.25, -0.2) is 4.79 Å². The van der Waals surface area contributed by atoms with Crippen LogP contribution in [0.15, 0.2) is 24.3 Å². The third-order valence-corrected chi connectivity index (χ3v) is 1.79. The monoisotopic (exact) mass is 247 g/mol. The van der Waals surface area contributed by atoms with Crippen LogP contribution in [0.3, 0.4) is 0 Å². The molecule has 0 saturated heterocycles. The Morgan fingerprint density at radius 3 is 2.17 bits per heavy atom. The van der Waals surface area contributed by atoms with Crippen LogP contribution < -0.4 is 0 Å². The lowest BCUT2D eigenvalue weighted by molar-refractivity contribution is 0.0600. The number of rotatable bonds is 3. The summed E-state index contributed by atoms with van der Waals surface area (Å²) in [7, 11) is 12.5. The van der Waals surface area contributed by atoms with Gasteiger partial charge in [0.25, 0.3) is 0 Å². The largest absolute Gasteiger partial charge is 0.465 e. The molecular weight excluding hydrogens is 229 g/mol. The summed E-state index contributed by atoms with van der Waals surface area (Å²) in [6.07, 6.45) is -0.0649. The second kappa shape index (κ2) is 8.47. The summed E-state index contributed by atoms with van der Waals surface area (Å²) in [5.74, 6) is -0.660. The summed E-state index contributed by atoms with van der Waals surface area (Å²) in [5, 5.41) is 0. The number of ketones is 1. The molecule has 4 nitrogen and oxygen atoms in total. The zero-order chi connectivity index (χ0) is 14.1. The summed E-state index contributed by atoms with van der Waals surface area (Å²) >= 11 is 0. The summed E-state index contributed by atoms with van der Waals surface area (Å²) in [6, 6.07) is 6.29. The van der Waals surface area contributed by atoms with Gasteiger partial charge >= 0.3 is 5.97 Å². The van der Waals surface area contributed by atoms with Gasteiger partial charge in [-0.05, 0) is 39.6 Å². The third kappa shape index (κ3) is 6.20. The molecule has 0 unspecified atom stereocenters. The molecule has 0 aromatic heterocycles. The molecule has 1 aromatic rings. The number of benzene rings is 1. The Hall–Kier alpha value is -1.62. The first kappa shape index (κ1) is 16.4. The average molecular weight is 247 g/mol. The van der Waals surface area contributed by atoms with Crippen molar-refractivity contribution < 1.29 is 14.3 Å². The highest BCUT2D eigenvalue weighted by Crippen LogP contribution is 2.08. The Balaban J connectivity index is 0.000000631. The van der Waals surface area contributed by atoms with Crippen molar-refractivity contribution in [3.8, 4) is 0 Å². The lowest BCUT2D eigenvalue weighted by atomic mass is 9.95. The first-order chi connectivity index (χ1) is 8.42. The lowest BCUT2D eigenvalue weighted by Crippen LogP contribution is -2.04. The van der Waals surface area contributed by atoms with E-state index in [4.69, 9.17) is 7.85 Å². The van der Waals surface area contributed by atoms with Gasteiger partial charge in [-0.15, -0.1) is 0 Å². The lowest BCUT2D eigenvalue weighted by Gasteiger charge is -2.01. The zero-order valence-electron chi connectivity index (χ0n) is 11.3. The molecule has 5 heteroatoms. The van der Waals surface area contributed by atoms with Gasteiger partial charge in [0.2, 0.25) is 0 Å². The van der Waals surface area contributed by atoms with Gasteiger partial charge in [-0.2, -0.15) is 0 Å². The van der Waals surface area contributed by atoms with Crippen LogP contribution in [0.25, 0.3) is 0 Å². The van der Waals surface area contributed by atoms with E-state index in [0.29, 0.717) is 11.1 Å². The average Bonchev–Trinajstić information content (AvgIpc) is 2.36. The molecule has 0 saturated carbocycles. The maximum Gasteiger partial charge on any atom is 0.337 e. The van der Waals surface area contributed by atoms with Crippen molar-refractivity contribution in [1.82, 2.24) is 4.90 Å². The van der Waals surface area contributed by atoms with Crippen LogP contribution in [0, 0.1) is 0 Å². The SMILES string of the molecule is CN(C)C.[B]CC(=O)c1cccc(C(=O)OC)c1. The number of ether oxygens (including phenoxy) is 1.